The Balaban J connectivity index is 2.46. The van der Waals surface area contributed by atoms with Gasteiger partial charge in [0.25, 0.3) is 0 Å². The van der Waals surface area contributed by atoms with Crippen LogP contribution in [0.3, 0.4) is 0 Å². The molecular weight excluding hydrogens is 280 g/mol. The lowest BCUT2D eigenvalue weighted by atomic mass is 9.91. The van der Waals surface area contributed by atoms with Gasteiger partial charge in [-0.1, -0.05) is 18.2 Å². The highest BCUT2D eigenvalue weighted by Gasteiger charge is 2.35. The summed E-state index contributed by atoms with van der Waals surface area (Å²) in [6.45, 7) is 7.57. The minimum absolute atomic E-state index is 0.289. The maximum atomic E-state index is 12.1. The van der Waals surface area contributed by atoms with E-state index in [-0.39, 0.29) is 11.8 Å². The summed E-state index contributed by atoms with van der Waals surface area (Å²) in [4.78, 5) is 24.1. The lowest BCUT2D eigenvalue weighted by molar-refractivity contribution is -0.141. The van der Waals surface area contributed by atoms with Crippen molar-refractivity contribution in [3.63, 3.8) is 0 Å². The summed E-state index contributed by atoms with van der Waals surface area (Å²) in [6.07, 6.45) is 2.27. The van der Waals surface area contributed by atoms with Gasteiger partial charge < -0.3 is 15.4 Å². The Morgan fingerprint density at radius 1 is 1.18 bits per heavy atom. The summed E-state index contributed by atoms with van der Waals surface area (Å²) in [6, 6.07) is 7.66. The van der Waals surface area contributed by atoms with Crippen LogP contribution in [0.1, 0.15) is 19.4 Å². The summed E-state index contributed by atoms with van der Waals surface area (Å²) in [5.41, 5.74) is -0.0156. The molecule has 0 aliphatic heterocycles. The SMILES string of the molecule is C=CCNC(=O)C(C)(C)C(=O)NCCc1ccc(OC)cc1. The summed E-state index contributed by atoms with van der Waals surface area (Å²) in [7, 11) is 1.62. The van der Waals surface area contributed by atoms with Gasteiger partial charge in [0.2, 0.25) is 11.8 Å². The van der Waals surface area contributed by atoms with Crippen LogP contribution in [0, 0.1) is 5.41 Å². The molecule has 0 spiro atoms. The predicted octanol–water partition coefficient (Wildman–Crippen LogP) is 1.68. The molecule has 2 amide bonds. The van der Waals surface area contributed by atoms with Crippen molar-refractivity contribution in [1.29, 1.82) is 0 Å². The van der Waals surface area contributed by atoms with Crippen LogP contribution in [0.15, 0.2) is 36.9 Å². The molecule has 0 heterocycles. The van der Waals surface area contributed by atoms with Crippen molar-refractivity contribution in [3.05, 3.63) is 42.5 Å². The van der Waals surface area contributed by atoms with Crippen molar-refractivity contribution in [2.75, 3.05) is 20.2 Å². The van der Waals surface area contributed by atoms with E-state index in [9.17, 15) is 9.59 Å². The van der Waals surface area contributed by atoms with Gasteiger partial charge in [0.1, 0.15) is 11.2 Å². The number of rotatable bonds is 8. The molecule has 0 aromatic heterocycles. The fourth-order valence-electron chi connectivity index (χ4n) is 1.82. The number of hydrogen-bond acceptors (Lipinski definition) is 3. The first-order chi connectivity index (χ1) is 10.4. The summed E-state index contributed by atoms with van der Waals surface area (Å²) in [5, 5.41) is 5.44. The largest absolute Gasteiger partial charge is 0.497 e. The van der Waals surface area contributed by atoms with Gasteiger partial charge in [-0.05, 0) is 38.0 Å². The summed E-state index contributed by atoms with van der Waals surface area (Å²) < 4.78 is 5.09. The van der Waals surface area contributed by atoms with E-state index in [1.165, 1.54) is 0 Å². The molecule has 2 N–H and O–H groups in total. The fraction of sp³-hybridized carbons (Fsp3) is 0.412. The van der Waals surface area contributed by atoms with Crippen LogP contribution in [0.2, 0.25) is 0 Å². The third-order valence-electron chi connectivity index (χ3n) is 3.40. The highest BCUT2D eigenvalue weighted by Crippen LogP contribution is 2.15. The minimum atomic E-state index is -1.11. The average molecular weight is 304 g/mol. The number of nitrogens with one attached hydrogen (secondary N) is 2. The molecule has 0 unspecified atom stereocenters. The quantitative estimate of drug-likeness (QED) is 0.567. The molecule has 1 aromatic rings. The van der Waals surface area contributed by atoms with Crippen LogP contribution in [0.5, 0.6) is 5.75 Å². The molecule has 22 heavy (non-hydrogen) atoms. The predicted molar refractivity (Wildman–Crippen MR) is 86.7 cm³/mol. The Kier molecular flexibility index (Phi) is 6.63. The van der Waals surface area contributed by atoms with Gasteiger partial charge >= 0.3 is 0 Å². The molecule has 120 valence electrons. The van der Waals surface area contributed by atoms with E-state index in [0.717, 1.165) is 11.3 Å². The zero-order valence-corrected chi connectivity index (χ0v) is 13.4. The first kappa shape index (κ1) is 17.8. The van der Waals surface area contributed by atoms with Gasteiger partial charge in [-0.15, -0.1) is 6.58 Å². The molecule has 0 aliphatic rings. The van der Waals surface area contributed by atoms with Crippen molar-refractivity contribution < 1.29 is 14.3 Å². The third kappa shape index (κ3) is 4.91. The van der Waals surface area contributed by atoms with Crippen molar-refractivity contribution in [3.8, 4) is 5.75 Å². The smallest absolute Gasteiger partial charge is 0.235 e. The van der Waals surface area contributed by atoms with Gasteiger partial charge in [-0.2, -0.15) is 0 Å². The van der Waals surface area contributed by atoms with Gasteiger partial charge in [0.05, 0.1) is 7.11 Å². The van der Waals surface area contributed by atoms with Crippen molar-refractivity contribution >= 4 is 11.8 Å². The molecule has 0 radical (unpaired) electrons. The lowest BCUT2D eigenvalue weighted by Crippen LogP contribution is -2.48. The number of methoxy groups -OCH3 is 1. The van der Waals surface area contributed by atoms with Gasteiger partial charge in [-0.3, -0.25) is 9.59 Å². The number of ether oxygens (including phenoxy) is 1. The molecule has 0 aliphatic carbocycles. The van der Waals surface area contributed by atoms with E-state index in [4.69, 9.17) is 4.74 Å². The van der Waals surface area contributed by atoms with E-state index in [2.05, 4.69) is 17.2 Å². The molecule has 0 saturated carbocycles. The molecule has 0 atom stereocenters. The van der Waals surface area contributed by atoms with E-state index in [1.807, 2.05) is 24.3 Å². The van der Waals surface area contributed by atoms with Crippen molar-refractivity contribution in [2.24, 2.45) is 5.41 Å². The van der Waals surface area contributed by atoms with Crippen LogP contribution >= 0.6 is 0 Å². The Bertz CT molecular complexity index is 521. The zero-order chi connectivity index (χ0) is 16.6. The summed E-state index contributed by atoms with van der Waals surface area (Å²) >= 11 is 0. The Morgan fingerprint density at radius 2 is 1.77 bits per heavy atom. The minimum Gasteiger partial charge on any atom is -0.497 e. The van der Waals surface area contributed by atoms with Crippen molar-refractivity contribution in [2.45, 2.75) is 20.3 Å². The fourth-order valence-corrected chi connectivity index (χ4v) is 1.82. The second-order valence-corrected chi connectivity index (χ2v) is 5.48. The Hall–Kier alpha value is -2.30. The Morgan fingerprint density at radius 3 is 2.32 bits per heavy atom. The maximum Gasteiger partial charge on any atom is 0.235 e. The van der Waals surface area contributed by atoms with E-state index in [1.54, 1.807) is 27.0 Å². The highest BCUT2D eigenvalue weighted by molar-refractivity contribution is 6.04. The molecule has 5 nitrogen and oxygen atoms in total. The van der Waals surface area contributed by atoms with Crippen LogP contribution in [-0.2, 0) is 16.0 Å². The van der Waals surface area contributed by atoms with Gasteiger partial charge in [-0.25, -0.2) is 0 Å². The number of hydrogen-bond donors (Lipinski definition) is 2. The highest BCUT2D eigenvalue weighted by atomic mass is 16.5. The van der Waals surface area contributed by atoms with E-state index < -0.39 is 5.41 Å². The van der Waals surface area contributed by atoms with Crippen LogP contribution in [0.25, 0.3) is 0 Å². The summed E-state index contributed by atoms with van der Waals surface area (Å²) in [5.74, 6) is 0.199. The second kappa shape index (κ2) is 8.22. The van der Waals surface area contributed by atoms with Crippen LogP contribution in [-0.4, -0.2) is 32.0 Å². The van der Waals surface area contributed by atoms with E-state index >= 15 is 0 Å². The zero-order valence-electron chi connectivity index (χ0n) is 13.4. The van der Waals surface area contributed by atoms with Gasteiger partial charge in [0, 0.05) is 13.1 Å². The Labute approximate surface area is 131 Å². The number of carbonyl (C=O) groups is 2. The molecular formula is C17H24N2O3. The van der Waals surface area contributed by atoms with Crippen molar-refractivity contribution in [1.82, 2.24) is 10.6 Å². The first-order valence-corrected chi connectivity index (χ1v) is 7.22. The third-order valence-corrected chi connectivity index (χ3v) is 3.40. The monoisotopic (exact) mass is 304 g/mol. The van der Waals surface area contributed by atoms with Crippen LogP contribution in [0.4, 0.5) is 0 Å². The average Bonchev–Trinajstić information content (AvgIpc) is 2.52. The topological polar surface area (TPSA) is 67.4 Å². The molecule has 0 bridgehead atoms. The lowest BCUT2D eigenvalue weighted by Gasteiger charge is -2.22. The first-order valence-electron chi connectivity index (χ1n) is 7.22. The molecule has 5 heteroatoms. The molecule has 1 rings (SSSR count). The van der Waals surface area contributed by atoms with E-state index in [0.29, 0.717) is 19.5 Å². The maximum absolute atomic E-state index is 12.1. The van der Waals surface area contributed by atoms with Gasteiger partial charge in [0.15, 0.2) is 0 Å². The molecule has 1 aromatic carbocycles. The normalized spacial score (nSPS) is 10.7. The number of amides is 2. The van der Waals surface area contributed by atoms with Crippen LogP contribution < -0.4 is 15.4 Å². The molecule has 0 saturated heterocycles. The number of carbonyl (C=O) groups excluding carboxylic acids is 2. The standard InChI is InChI=1S/C17H24N2O3/c1-5-11-18-15(20)17(2,3)16(21)19-12-10-13-6-8-14(22-4)9-7-13/h5-9H,1,10-12H2,2-4H3,(H,18,20)(H,19,21). The second-order valence-electron chi connectivity index (χ2n) is 5.48. The number of benzene rings is 1. The molecule has 0 fully saturated rings.